The number of rotatable bonds is 3. The molecule has 0 aliphatic carbocycles. The average Bonchev–Trinajstić information content (AvgIpc) is 2.40. The monoisotopic (exact) mass is 254 g/mol. The molecule has 2 heterocycles. The lowest BCUT2D eigenvalue weighted by atomic mass is 9.90. The average molecular weight is 254 g/mol. The third-order valence-corrected chi connectivity index (χ3v) is 4.23. The maximum absolute atomic E-state index is 12.5. The van der Waals surface area contributed by atoms with E-state index in [1.54, 1.807) is 0 Å². The molecule has 0 aromatic carbocycles. The van der Waals surface area contributed by atoms with Gasteiger partial charge in [-0.2, -0.15) is 0 Å². The van der Waals surface area contributed by atoms with Crippen LogP contribution in [0.4, 0.5) is 0 Å². The van der Waals surface area contributed by atoms with E-state index in [4.69, 9.17) is 4.74 Å². The van der Waals surface area contributed by atoms with Crippen LogP contribution < -0.4 is 5.32 Å². The fraction of sp³-hybridized carbons (Fsp3) is 0.929. The summed E-state index contributed by atoms with van der Waals surface area (Å²) in [6, 6.07) is 0.330. The zero-order valence-electron chi connectivity index (χ0n) is 11.7. The molecule has 0 aromatic heterocycles. The number of piperidine rings is 2. The van der Waals surface area contributed by atoms with Crippen molar-refractivity contribution in [2.75, 3.05) is 26.2 Å². The molecule has 2 saturated heterocycles. The Morgan fingerprint density at radius 3 is 2.67 bits per heavy atom. The number of nitrogens with one attached hydrogen (secondary N) is 1. The van der Waals surface area contributed by atoms with Gasteiger partial charge in [0.05, 0.1) is 12.0 Å². The van der Waals surface area contributed by atoms with Gasteiger partial charge >= 0.3 is 0 Å². The molecule has 2 aliphatic heterocycles. The highest BCUT2D eigenvalue weighted by molar-refractivity contribution is 5.79. The highest BCUT2D eigenvalue weighted by Crippen LogP contribution is 2.22. The Kier molecular flexibility index (Phi) is 5.01. The van der Waals surface area contributed by atoms with Gasteiger partial charge in [-0.25, -0.2) is 0 Å². The van der Waals surface area contributed by atoms with Crippen molar-refractivity contribution in [3.63, 3.8) is 0 Å². The minimum absolute atomic E-state index is 0.183. The molecule has 2 unspecified atom stereocenters. The molecule has 1 N–H and O–H groups in total. The topological polar surface area (TPSA) is 41.6 Å². The van der Waals surface area contributed by atoms with Gasteiger partial charge in [-0.1, -0.05) is 0 Å². The minimum atomic E-state index is 0.183. The summed E-state index contributed by atoms with van der Waals surface area (Å²) in [5.74, 6) is 0.534. The van der Waals surface area contributed by atoms with Crippen LogP contribution in [0.25, 0.3) is 0 Å². The van der Waals surface area contributed by atoms with Crippen LogP contribution in [0.15, 0.2) is 0 Å². The van der Waals surface area contributed by atoms with E-state index < -0.39 is 0 Å². The molecule has 2 aliphatic rings. The Bertz CT molecular complexity index is 275. The zero-order valence-corrected chi connectivity index (χ0v) is 11.7. The molecule has 18 heavy (non-hydrogen) atoms. The van der Waals surface area contributed by atoms with Crippen LogP contribution in [0, 0.1) is 5.92 Å². The van der Waals surface area contributed by atoms with E-state index in [2.05, 4.69) is 12.2 Å². The molecule has 2 fully saturated rings. The number of carbonyl (C=O) groups is 1. The van der Waals surface area contributed by atoms with E-state index in [9.17, 15) is 4.79 Å². The van der Waals surface area contributed by atoms with Gasteiger partial charge in [0.15, 0.2) is 0 Å². The fourth-order valence-electron chi connectivity index (χ4n) is 3.09. The van der Waals surface area contributed by atoms with Crippen LogP contribution in [0.1, 0.15) is 39.5 Å². The standard InChI is InChI=1S/C14H26N2O2/c1-3-18-12-6-9-16(10-7-12)14(17)13-5-4-8-15-11(13)2/h11-13,15H,3-10H2,1-2H3. The van der Waals surface area contributed by atoms with Gasteiger partial charge in [0.1, 0.15) is 0 Å². The number of amides is 1. The first-order valence-electron chi connectivity index (χ1n) is 7.36. The van der Waals surface area contributed by atoms with E-state index in [0.717, 1.165) is 51.9 Å². The molecule has 1 amide bonds. The lowest BCUT2D eigenvalue weighted by molar-refractivity contribution is -0.139. The smallest absolute Gasteiger partial charge is 0.227 e. The number of likely N-dealkylation sites (tertiary alicyclic amines) is 1. The van der Waals surface area contributed by atoms with E-state index in [0.29, 0.717) is 18.1 Å². The van der Waals surface area contributed by atoms with Crippen molar-refractivity contribution in [1.82, 2.24) is 10.2 Å². The number of carbonyl (C=O) groups excluding carboxylic acids is 1. The highest BCUT2D eigenvalue weighted by atomic mass is 16.5. The van der Waals surface area contributed by atoms with Gasteiger partial charge in [0, 0.05) is 25.7 Å². The lowest BCUT2D eigenvalue weighted by Gasteiger charge is -2.37. The van der Waals surface area contributed by atoms with Gasteiger partial charge in [0.25, 0.3) is 0 Å². The van der Waals surface area contributed by atoms with Gasteiger partial charge < -0.3 is 15.0 Å². The molecule has 0 bridgehead atoms. The largest absolute Gasteiger partial charge is 0.378 e. The summed E-state index contributed by atoms with van der Waals surface area (Å²) in [7, 11) is 0. The van der Waals surface area contributed by atoms with Gasteiger partial charge in [-0.05, 0) is 46.1 Å². The SMILES string of the molecule is CCOC1CCN(C(=O)C2CCCNC2C)CC1. The fourth-order valence-corrected chi connectivity index (χ4v) is 3.09. The molecule has 0 saturated carbocycles. The van der Waals surface area contributed by atoms with Crippen molar-refractivity contribution in [3.05, 3.63) is 0 Å². The summed E-state index contributed by atoms with van der Waals surface area (Å²) in [6.45, 7) is 7.74. The maximum Gasteiger partial charge on any atom is 0.227 e. The summed E-state index contributed by atoms with van der Waals surface area (Å²) in [4.78, 5) is 14.5. The van der Waals surface area contributed by atoms with Crippen molar-refractivity contribution in [2.24, 2.45) is 5.92 Å². The Hall–Kier alpha value is -0.610. The van der Waals surface area contributed by atoms with E-state index in [-0.39, 0.29) is 5.92 Å². The Labute approximate surface area is 110 Å². The molecule has 2 rings (SSSR count). The van der Waals surface area contributed by atoms with E-state index in [1.807, 2.05) is 11.8 Å². The summed E-state index contributed by atoms with van der Waals surface area (Å²) >= 11 is 0. The summed E-state index contributed by atoms with van der Waals surface area (Å²) in [5.41, 5.74) is 0. The molecule has 0 aromatic rings. The Morgan fingerprint density at radius 1 is 1.33 bits per heavy atom. The molecule has 104 valence electrons. The second-order valence-electron chi connectivity index (χ2n) is 5.47. The van der Waals surface area contributed by atoms with Crippen LogP contribution >= 0.6 is 0 Å². The van der Waals surface area contributed by atoms with Crippen LogP contribution in [-0.4, -0.2) is 49.2 Å². The maximum atomic E-state index is 12.5. The van der Waals surface area contributed by atoms with Crippen molar-refractivity contribution in [1.29, 1.82) is 0 Å². The first kappa shape index (κ1) is 13.8. The van der Waals surface area contributed by atoms with Crippen LogP contribution in [0.3, 0.4) is 0 Å². The van der Waals surface area contributed by atoms with Crippen LogP contribution in [-0.2, 0) is 9.53 Å². The number of ether oxygens (including phenoxy) is 1. The van der Waals surface area contributed by atoms with E-state index in [1.165, 1.54) is 0 Å². The first-order chi connectivity index (χ1) is 8.72. The molecular weight excluding hydrogens is 228 g/mol. The first-order valence-corrected chi connectivity index (χ1v) is 7.36. The lowest BCUT2D eigenvalue weighted by Crippen LogP contribution is -2.50. The third kappa shape index (κ3) is 3.23. The van der Waals surface area contributed by atoms with Gasteiger partial charge in [0.2, 0.25) is 5.91 Å². The molecule has 4 heteroatoms. The number of nitrogens with zero attached hydrogens (tertiary/aromatic N) is 1. The number of hydrogen-bond acceptors (Lipinski definition) is 3. The van der Waals surface area contributed by atoms with Gasteiger partial charge in [-0.15, -0.1) is 0 Å². The summed E-state index contributed by atoms with van der Waals surface area (Å²) in [6.07, 6.45) is 4.51. The molecule has 0 spiro atoms. The zero-order chi connectivity index (χ0) is 13.0. The molecule has 4 nitrogen and oxygen atoms in total. The van der Waals surface area contributed by atoms with Crippen molar-refractivity contribution < 1.29 is 9.53 Å². The minimum Gasteiger partial charge on any atom is -0.378 e. The second kappa shape index (κ2) is 6.53. The van der Waals surface area contributed by atoms with Crippen LogP contribution in [0.5, 0.6) is 0 Å². The van der Waals surface area contributed by atoms with Crippen LogP contribution in [0.2, 0.25) is 0 Å². The van der Waals surface area contributed by atoms with E-state index >= 15 is 0 Å². The Morgan fingerprint density at radius 2 is 2.06 bits per heavy atom. The summed E-state index contributed by atoms with van der Waals surface area (Å²) < 4.78 is 5.63. The molecule has 2 atom stereocenters. The van der Waals surface area contributed by atoms with Crippen molar-refractivity contribution in [2.45, 2.75) is 51.7 Å². The summed E-state index contributed by atoms with van der Waals surface area (Å²) in [5, 5.41) is 3.41. The van der Waals surface area contributed by atoms with Gasteiger partial charge in [-0.3, -0.25) is 4.79 Å². The molecule has 0 radical (unpaired) electrons. The predicted octanol–water partition coefficient (Wildman–Crippen LogP) is 1.40. The van der Waals surface area contributed by atoms with Crippen molar-refractivity contribution >= 4 is 5.91 Å². The third-order valence-electron chi connectivity index (χ3n) is 4.23. The number of hydrogen-bond donors (Lipinski definition) is 1. The van der Waals surface area contributed by atoms with Crippen molar-refractivity contribution in [3.8, 4) is 0 Å². The second-order valence-corrected chi connectivity index (χ2v) is 5.47. The highest BCUT2D eigenvalue weighted by Gasteiger charge is 2.32. The normalized spacial score (nSPS) is 30.4. The molecular formula is C14H26N2O2. The quantitative estimate of drug-likeness (QED) is 0.828. The predicted molar refractivity (Wildman–Crippen MR) is 71.4 cm³/mol. The Balaban J connectivity index is 1.83.